The van der Waals surface area contributed by atoms with Gasteiger partial charge in [-0.3, -0.25) is 9.36 Å². The van der Waals surface area contributed by atoms with E-state index in [4.69, 9.17) is 16.5 Å². The Labute approximate surface area is 144 Å². The van der Waals surface area contributed by atoms with E-state index in [9.17, 15) is 9.90 Å². The Morgan fingerprint density at radius 1 is 1.36 bits per heavy atom. The van der Waals surface area contributed by atoms with Crippen LogP contribution in [0.1, 0.15) is 27.2 Å². The second-order valence-corrected chi connectivity index (χ2v) is 6.37. The lowest BCUT2D eigenvalue weighted by Gasteiger charge is -2.15. The predicted octanol–water partition coefficient (Wildman–Crippen LogP) is 2.00. The van der Waals surface area contributed by atoms with Crippen molar-refractivity contribution in [1.82, 2.24) is 9.55 Å². The highest BCUT2D eigenvalue weighted by Crippen LogP contribution is 2.37. The van der Waals surface area contributed by atoms with Crippen molar-refractivity contribution >= 4 is 28.4 Å². The minimum Gasteiger partial charge on any atom is -0.508 e. The smallest absolute Gasteiger partial charge is 0.253 e. The summed E-state index contributed by atoms with van der Waals surface area (Å²) in [5.41, 5.74) is 16.9. The average molecular weight is 337 g/mol. The van der Waals surface area contributed by atoms with Gasteiger partial charge in [-0.15, -0.1) is 0 Å². The Morgan fingerprint density at radius 3 is 2.84 bits per heavy atom. The number of anilines is 2. The molecule has 0 atom stereocenters. The Hall–Kier alpha value is -3.22. The van der Waals surface area contributed by atoms with Crippen molar-refractivity contribution in [3.05, 3.63) is 40.6 Å². The van der Waals surface area contributed by atoms with Gasteiger partial charge in [0.25, 0.3) is 5.91 Å². The van der Waals surface area contributed by atoms with Crippen LogP contribution in [0.4, 0.5) is 11.5 Å². The number of phenols is 1. The number of amides is 1. The van der Waals surface area contributed by atoms with Gasteiger partial charge in [-0.05, 0) is 31.5 Å². The summed E-state index contributed by atoms with van der Waals surface area (Å²) < 4.78 is 1.72. The molecule has 2 aromatic heterocycles. The number of fused-ring (bicyclic) bond motifs is 2. The minimum absolute atomic E-state index is 0.158. The summed E-state index contributed by atoms with van der Waals surface area (Å²) in [6.45, 7) is 4.54. The Kier molecular flexibility index (Phi) is 3.15. The quantitative estimate of drug-likeness (QED) is 0.570. The van der Waals surface area contributed by atoms with Gasteiger partial charge in [0.05, 0.1) is 22.6 Å². The lowest BCUT2D eigenvalue weighted by atomic mass is 10.1. The maximum atomic E-state index is 12.0. The highest BCUT2D eigenvalue weighted by molar-refractivity contribution is 6.11. The van der Waals surface area contributed by atoms with Gasteiger partial charge in [0.1, 0.15) is 17.2 Å². The molecule has 1 aliphatic rings. The summed E-state index contributed by atoms with van der Waals surface area (Å²) in [4.78, 5) is 16.8. The highest BCUT2D eigenvalue weighted by atomic mass is 16.3. The molecular weight excluding hydrogens is 318 g/mol. The van der Waals surface area contributed by atoms with Crippen molar-refractivity contribution in [2.75, 3.05) is 17.6 Å². The van der Waals surface area contributed by atoms with Crippen molar-refractivity contribution < 1.29 is 9.90 Å². The Balaban J connectivity index is 2.17. The van der Waals surface area contributed by atoms with Crippen molar-refractivity contribution in [3.8, 4) is 11.4 Å². The molecule has 0 aliphatic carbocycles. The van der Waals surface area contributed by atoms with Crippen LogP contribution in [0.15, 0.2) is 18.2 Å². The minimum atomic E-state index is -0.601. The topological polar surface area (TPSA) is 119 Å². The summed E-state index contributed by atoms with van der Waals surface area (Å²) in [6, 6.07) is 5.33. The summed E-state index contributed by atoms with van der Waals surface area (Å²) in [6.07, 6.45) is 0.806. The summed E-state index contributed by atoms with van der Waals surface area (Å²) >= 11 is 0. The molecule has 3 heterocycles. The summed E-state index contributed by atoms with van der Waals surface area (Å²) in [7, 11) is 0. The zero-order valence-corrected chi connectivity index (χ0v) is 14.1. The number of rotatable bonds is 2. The predicted molar refractivity (Wildman–Crippen MR) is 97.3 cm³/mol. The number of aromatic nitrogens is 2. The molecule has 0 spiro atoms. The van der Waals surface area contributed by atoms with E-state index >= 15 is 0 Å². The molecule has 25 heavy (non-hydrogen) atoms. The number of hydrogen-bond acceptors (Lipinski definition) is 5. The van der Waals surface area contributed by atoms with Crippen LogP contribution in [0.5, 0.6) is 5.75 Å². The molecule has 0 unspecified atom stereocenters. The number of nitrogens with zero attached hydrogens (tertiary/aromatic N) is 2. The first kappa shape index (κ1) is 15.3. The molecule has 0 bridgehead atoms. The molecule has 1 aliphatic heterocycles. The molecule has 0 saturated heterocycles. The second kappa shape index (κ2) is 5.14. The number of primary amides is 1. The van der Waals surface area contributed by atoms with Gasteiger partial charge in [-0.2, -0.15) is 0 Å². The number of benzene rings is 1. The van der Waals surface area contributed by atoms with Gasteiger partial charge in [0.2, 0.25) is 0 Å². The fourth-order valence-electron chi connectivity index (χ4n) is 3.57. The standard InChI is InChI=1S/C18H19N5O2/c1-8-3-4-13(24)9(2)15(8)23-16(19)14(17(20)25)10-7-12-11(5-6-21-12)22-18(10)23/h3-4,7,21,24H,5-6,19H2,1-2H3,(H2,20,25). The van der Waals surface area contributed by atoms with Crippen molar-refractivity contribution in [2.24, 2.45) is 5.73 Å². The maximum Gasteiger partial charge on any atom is 0.253 e. The lowest BCUT2D eigenvalue weighted by Crippen LogP contribution is -2.14. The van der Waals surface area contributed by atoms with E-state index in [-0.39, 0.29) is 17.1 Å². The molecule has 3 aromatic rings. The normalized spacial score (nSPS) is 13.0. The number of aromatic hydroxyl groups is 1. The van der Waals surface area contributed by atoms with Gasteiger partial charge < -0.3 is 21.9 Å². The fraction of sp³-hybridized carbons (Fsp3) is 0.222. The monoisotopic (exact) mass is 337 g/mol. The number of pyridine rings is 1. The number of nitrogens with two attached hydrogens (primary N) is 2. The third-order valence-corrected chi connectivity index (χ3v) is 4.81. The molecular formula is C18H19N5O2. The van der Waals surface area contributed by atoms with Crippen LogP contribution < -0.4 is 16.8 Å². The van der Waals surface area contributed by atoms with Crippen molar-refractivity contribution in [2.45, 2.75) is 20.3 Å². The highest BCUT2D eigenvalue weighted by Gasteiger charge is 2.26. The lowest BCUT2D eigenvalue weighted by molar-refractivity contribution is 0.100. The van der Waals surface area contributed by atoms with Crippen LogP contribution in [-0.2, 0) is 6.42 Å². The molecule has 0 radical (unpaired) electrons. The number of carbonyl (C=O) groups excluding carboxylic acids is 1. The number of aryl methyl sites for hydroxylation is 1. The number of carbonyl (C=O) groups is 1. The van der Waals surface area contributed by atoms with Gasteiger partial charge in [-0.25, -0.2) is 4.98 Å². The van der Waals surface area contributed by atoms with Crippen molar-refractivity contribution in [3.63, 3.8) is 0 Å². The fourth-order valence-corrected chi connectivity index (χ4v) is 3.57. The molecule has 4 rings (SSSR count). The zero-order chi connectivity index (χ0) is 17.9. The Bertz CT molecular complexity index is 1050. The zero-order valence-electron chi connectivity index (χ0n) is 14.1. The van der Waals surface area contributed by atoms with E-state index in [2.05, 4.69) is 5.32 Å². The SMILES string of the molecule is Cc1ccc(O)c(C)c1-n1c(N)c(C(N)=O)c2cc3c(nc21)CCN3. The molecule has 128 valence electrons. The third kappa shape index (κ3) is 2.05. The number of phenolic OH excluding ortho intramolecular Hbond substituents is 1. The van der Waals surface area contributed by atoms with E-state index in [1.165, 1.54) is 0 Å². The van der Waals surface area contributed by atoms with Gasteiger partial charge >= 0.3 is 0 Å². The van der Waals surface area contributed by atoms with Crippen LogP contribution in [0.2, 0.25) is 0 Å². The van der Waals surface area contributed by atoms with E-state index in [1.807, 2.05) is 26.0 Å². The number of nitrogens with one attached hydrogen (secondary N) is 1. The first-order valence-corrected chi connectivity index (χ1v) is 8.07. The van der Waals surface area contributed by atoms with Gasteiger partial charge in [-0.1, -0.05) is 6.07 Å². The first-order chi connectivity index (χ1) is 11.9. The van der Waals surface area contributed by atoms with Crippen LogP contribution in [-0.4, -0.2) is 27.1 Å². The van der Waals surface area contributed by atoms with E-state index < -0.39 is 5.91 Å². The molecule has 0 saturated carbocycles. The van der Waals surface area contributed by atoms with Crippen LogP contribution in [0, 0.1) is 13.8 Å². The maximum absolute atomic E-state index is 12.0. The molecule has 1 aromatic carbocycles. The molecule has 7 heteroatoms. The first-order valence-electron chi connectivity index (χ1n) is 8.07. The van der Waals surface area contributed by atoms with Crippen LogP contribution in [0.3, 0.4) is 0 Å². The molecule has 0 fully saturated rings. The van der Waals surface area contributed by atoms with E-state index in [0.29, 0.717) is 22.3 Å². The van der Waals surface area contributed by atoms with Gasteiger partial charge in [0.15, 0.2) is 0 Å². The van der Waals surface area contributed by atoms with E-state index in [0.717, 1.165) is 29.9 Å². The molecule has 1 amide bonds. The summed E-state index contributed by atoms with van der Waals surface area (Å²) in [5, 5.41) is 14.0. The number of nitrogen functional groups attached to an aromatic ring is 1. The van der Waals surface area contributed by atoms with E-state index in [1.54, 1.807) is 10.6 Å². The Morgan fingerprint density at radius 2 is 2.12 bits per heavy atom. The third-order valence-electron chi connectivity index (χ3n) is 4.81. The second-order valence-electron chi connectivity index (χ2n) is 6.37. The van der Waals surface area contributed by atoms with Gasteiger partial charge in [0, 0.05) is 23.9 Å². The van der Waals surface area contributed by atoms with Crippen LogP contribution in [0.25, 0.3) is 16.7 Å². The van der Waals surface area contributed by atoms with Crippen LogP contribution >= 0.6 is 0 Å². The summed E-state index contributed by atoms with van der Waals surface area (Å²) in [5.74, 6) is -0.211. The largest absolute Gasteiger partial charge is 0.508 e. The number of hydrogen-bond donors (Lipinski definition) is 4. The average Bonchev–Trinajstić information content (AvgIpc) is 3.11. The molecule has 6 N–H and O–H groups in total. The van der Waals surface area contributed by atoms with Crippen molar-refractivity contribution in [1.29, 1.82) is 0 Å². The molecule has 7 nitrogen and oxygen atoms in total.